The third kappa shape index (κ3) is 2.57. The van der Waals surface area contributed by atoms with Crippen molar-refractivity contribution in [3.63, 3.8) is 0 Å². The summed E-state index contributed by atoms with van der Waals surface area (Å²) in [5, 5.41) is 0. The van der Waals surface area contributed by atoms with E-state index in [1.165, 1.54) is 0 Å². The molecule has 0 unspecified atom stereocenters. The second-order valence-corrected chi connectivity index (χ2v) is 4.14. The molecule has 3 heteroatoms. The van der Waals surface area contributed by atoms with Gasteiger partial charge in [0.05, 0.1) is 0 Å². The Labute approximate surface area is 96.0 Å². The van der Waals surface area contributed by atoms with E-state index in [9.17, 15) is 4.79 Å². The lowest BCUT2D eigenvalue weighted by molar-refractivity contribution is 0.109. The molecule has 1 aromatic heterocycles. The number of furan rings is 1. The van der Waals surface area contributed by atoms with Crippen molar-refractivity contribution in [3.05, 3.63) is 58.0 Å². The molecule has 2 rings (SSSR count). The standard InChI is InChI=1S/C12H9BrO2/c13-10-3-1-2-9(6-10)7-11-4-5-12(8-14)15-11/h1-6,8H,7H2. The van der Waals surface area contributed by atoms with Crippen molar-refractivity contribution >= 4 is 22.2 Å². The molecular formula is C12H9BrO2. The Balaban J connectivity index is 2.18. The van der Waals surface area contributed by atoms with E-state index in [4.69, 9.17) is 4.42 Å². The monoisotopic (exact) mass is 264 g/mol. The number of rotatable bonds is 3. The molecule has 0 bridgehead atoms. The van der Waals surface area contributed by atoms with Crippen LogP contribution in [-0.4, -0.2) is 6.29 Å². The highest BCUT2D eigenvalue weighted by molar-refractivity contribution is 9.10. The third-order valence-electron chi connectivity index (χ3n) is 2.07. The van der Waals surface area contributed by atoms with Gasteiger partial charge in [-0.05, 0) is 29.8 Å². The number of halogens is 1. The van der Waals surface area contributed by atoms with E-state index in [1.807, 2.05) is 30.3 Å². The number of hydrogen-bond acceptors (Lipinski definition) is 2. The van der Waals surface area contributed by atoms with E-state index in [1.54, 1.807) is 6.07 Å². The molecule has 2 aromatic rings. The lowest BCUT2D eigenvalue weighted by Gasteiger charge is -1.98. The number of hydrogen-bond donors (Lipinski definition) is 0. The van der Waals surface area contributed by atoms with Gasteiger partial charge in [-0.25, -0.2) is 0 Å². The number of carbonyl (C=O) groups excluding carboxylic acids is 1. The van der Waals surface area contributed by atoms with Gasteiger partial charge in [0.25, 0.3) is 0 Å². The first-order chi connectivity index (χ1) is 7.28. The molecule has 0 fully saturated rings. The zero-order valence-electron chi connectivity index (χ0n) is 7.94. The van der Waals surface area contributed by atoms with Gasteiger partial charge in [-0.15, -0.1) is 0 Å². The molecule has 0 aliphatic rings. The number of carbonyl (C=O) groups is 1. The minimum absolute atomic E-state index is 0.375. The molecule has 76 valence electrons. The first-order valence-corrected chi connectivity index (χ1v) is 5.35. The highest BCUT2D eigenvalue weighted by atomic mass is 79.9. The SMILES string of the molecule is O=Cc1ccc(Cc2cccc(Br)c2)o1. The van der Waals surface area contributed by atoms with Crippen molar-refractivity contribution in [2.24, 2.45) is 0 Å². The van der Waals surface area contributed by atoms with Crippen molar-refractivity contribution in [1.82, 2.24) is 0 Å². The predicted molar refractivity (Wildman–Crippen MR) is 61.0 cm³/mol. The summed E-state index contributed by atoms with van der Waals surface area (Å²) in [6.45, 7) is 0. The fourth-order valence-corrected chi connectivity index (χ4v) is 1.85. The minimum Gasteiger partial charge on any atom is -0.458 e. The van der Waals surface area contributed by atoms with Crippen molar-refractivity contribution in [3.8, 4) is 0 Å². The molecular weight excluding hydrogens is 256 g/mol. The van der Waals surface area contributed by atoms with Crippen molar-refractivity contribution < 1.29 is 9.21 Å². The van der Waals surface area contributed by atoms with Crippen LogP contribution >= 0.6 is 15.9 Å². The van der Waals surface area contributed by atoms with Crippen LogP contribution in [0.25, 0.3) is 0 Å². The summed E-state index contributed by atoms with van der Waals surface area (Å²) in [6.07, 6.45) is 1.41. The normalized spacial score (nSPS) is 10.2. The molecule has 0 spiro atoms. The van der Waals surface area contributed by atoms with Crippen LogP contribution in [0.3, 0.4) is 0 Å². The maximum Gasteiger partial charge on any atom is 0.185 e. The van der Waals surface area contributed by atoms with Gasteiger partial charge < -0.3 is 4.42 Å². The van der Waals surface area contributed by atoms with E-state index < -0.39 is 0 Å². The Morgan fingerprint density at radius 1 is 1.27 bits per heavy atom. The fraction of sp³-hybridized carbons (Fsp3) is 0.0833. The van der Waals surface area contributed by atoms with E-state index >= 15 is 0 Å². The van der Waals surface area contributed by atoms with E-state index in [0.29, 0.717) is 18.5 Å². The molecule has 0 radical (unpaired) electrons. The lowest BCUT2D eigenvalue weighted by atomic mass is 10.1. The summed E-state index contributed by atoms with van der Waals surface area (Å²) in [7, 11) is 0. The van der Waals surface area contributed by atoms with Gasteiger partial charge >= 0.3 is 0 Å². The van der Waals surface area contributed by atoms with Gasteiger partial charge in [-0.3, -0.25) is 4.79 Å². The average Bonchev–Trinajstić information content (AvgIpc) is 2.65. The zero-order valence-corrected chi connectivity index (χ0v) is 9.53. The van der Waals surface area contributed by atoms with Crippen LogP contribution in [-0.2, 0) is 6.42 Å². The molecule has 0 atom stereocenters. The topological polar surface area (TPSA) is 30.2 Å². The first kappa shape index (κ1) is 10.2. The summed E-state index contributed by atoms with van der Waals surface area (Å²) < 4.78 is 6.34. The molecule has 0 saturated carbocycles. The second kappa shape index (κ2) is 4.45. The molecule has 2 nitrogen and oxygen atoms in total. The summed E-state index contributed by atoms with van der Waals surface area (Å²) in [5.74, 6) is 1.18. The largest absolute Gasteiger partial charge is 0.458 e. The molecule has 1 aromatic carbocycles. The van der Waals surface area contributed by atoms with Crippen molar-refractivity contribution in [1.29, 1.82) is 0 Å². The van der Waals surface area contributed by atoms with Gasteiger partial charge in [-0.1, -0.05) is 28.1 Å². The maximum atomic E-state index is 10.4. The number of benzene rings is 1. The van der Waals surface area contributed by atoms with Crippen LogP contribution in [0.15, 0.2) is 45.3 Å². The third-order valence-corrected chi connectivity index (χ3v) is 2.56. The van der Waals surface area contributed by atoms with Crippen molar-refractivity contribution in [2.45, 2.75) is 6.42 Å². The Morgan fingerprint density at radius 3 is 2.80 bits per heavy atom. The maximum absolute atomic E-state index is 10.4. The molecule has 0 saturated heterocycles. The summed E-state index contributed by atoms with van der Waals surface area (Å²) in [5.41, 5.74) is 1.15. The van der Waals surface area contributed by atoms with Crippen LogP contribution in [0.2, 0.25) is 0 Å². The smallest absolute Gasteiger partial charge is 0.185 e. The predicted octanol–water partition coefficient (Wildman–Crippen LogP) is 3.45. The highest BCUT2D eigenvalue weighted by Crippen LogP contribution is 2.16. The van der Waals surface area contributed by atoms with E-state index in [-0.39, 0.29) is 0 Å². The molecule has 1 heterocycles. The summed E-state index contributed by atoms with van der Waals surface area (Å²) in [6, 6.07) is 11.5. The Bertz CT molecular complexity index is 474. The average molecular weight is 265 g/mol. The van der Waals surface area contributed by atoms with Crippen LogP contribution in [0.1, 0.15) is 21.9 Å². The Hall–Kier alpha value is -1.35. The highest BCUT2D eigenvalue weighted by Gasteiger charge is 2.02. The quantitative estimate of drug-likeness (QED) is 0.795. The molecule has 0 aliphatic carbocycles. The van der Waals surface area contributed by atoms with Crippen molar-refractivity contribution in [2.75, 3.05) is 0 Å². The van der Waals surface area contributed by atoms with Crippen LogP contribution in [0, 0.1) is 0 Å². The molecule has 0 aliphatic heterocycles. The zero-order chi connectivity index (χ0) is 10.7. The van der Waals surface area contributed by atoms with Gasteiger partial charge in [-0.2, -0.15) is 0 Å². The summed E-state index contributed by atoms with van der Waals surface area (Å²) in [4.78, 5) is 10.4. The summed E-state index contributed by atoms with van der Waals surface area (Å²) >= 11 is 3.41. The number of aldehydes is 1. The van der Waals surface area contributed by atoms with E-state index in [2.05, 4.69) is 15.9 Å². The fourth-order valence-electron chi connectivity index (χ4n) is 1.40. The Morgan fingerprint density at radius 2 is 2.13 bits per heavy atom. The molecule has 0 amide bonds. The molecule has 15 heavy (non-hydrogen) atoms. The minimum atomic E-state index is 0.375. The van der Waals surface area contributed by atoms with E-state index in [0.717, 1.165) is 15.8 Å². The second-order valence-electron chi connectivity index (χ2n) is 3.23. The van der Waals surface area contributed by atoms with Gasteiger partial charge in [0.15, 0.2) is 12.0 Å². The van der Waals surface area contributed by atoms with Crippen LogP contribution in [0.4, 0.5) is 0 Å². The van der Waals surface area contributed by atoms with Crippen LogP contribution in [0.5, 0.6) is 0 Å². The molecule has 0 N–H and O–H groups in total. The van der Waals surface area contributed by atoms with Crippen LogP contribution < -0.4 is 0 Å². The van der Waals surface area contributed by atoms with Gasteiger partial charge in [0, 0.05) is 10.9 Å². The van der Waals surface area contributed by atoms with Gasteiger partial charge in [0.1, 0.15) is 5.76 Å². The first-order valence-electron chi connectivity index (χ1n) is 4.56. The van der Waals surface area contributed by atoms with Gasteiger partial charge in [0.2, 0.25) is 0 Å². The lowest BCUT2D eigenvalue weighted by Crippen LogP contribution is -1.84. The Kier molecular flexibility index (Phi) is 3.02.